The predicted octanol–water partition coefficient (Wildman–Crippen LogP) is 0.649. The zero-order valence-electron chi connectivity index (χ0n) is 7.57. The van der Waals surface area contributed by atoms with Crippen LogP contribution in [0.3, 0.4) is 0 Å². The molecule has 0 aromatic carbocycles. The predicted molar refractivity (Wildman–Crippen MR) is 45.2 cm³/mol. The summed E-state index contributed by atoms with van der Waals surface area (Å²) in [4.78, 5) is 42.5. The second-order valence-corrected chi connectivity index (χ2v) is 2.77. The van der Waals surface area contributed by atoms with E-state index in [0.717, 1.165) is 13.8 Å². The molecule has 0 aromatic rings. The normalized spacial score (nSPS) is 10.6. The molecule has 13 heavy (non-hydrogen) atoms. The Hall–Kier alpha value is -1.39. The van der Waals surface area contributed by atoms with Gasteiger partial charge < -0.3 is 4.79 Å². The lowest BCUT2D eigenvalue weighted by molar-refractivity contribution is -0.132. The largest absolute Gasteiger partial charge is 0.303 e. The summed E-state index contributed by atoms with van der Waals surface area (Å²) in [7, 11) is 0. The topological polar surface area (TPSA) is 80.6 Å². The first-order valence-corrected chi connectivity index (χ1v) is 3.81. The molecule has 0 saturated carbocycles. The Morgan fingerprint density at radius 2 is 1.77 bits per heavy atom. The Balaban J connectivity index is 4.86. The third-order valence-electron chi connectivity index (χ3n) is 1.94. The molecule has 5 nitrogen and oxygen atoms in total. The van der Waals surface area contributed by atoms with E-state index in [1.807, 2.05) is 0 Å². The number of hydrogen-bond acceptors (Lipinski definition) is 5. The van der Waals surface area contributed by atoms with E-state index in [2.05, 4.69) is 5.18 Å². The van der Waals surface area contributed by atoms with E-state index < -0.39 is 17.1 Å². The molecule has 0 aliphatic carbocycles. The average molecular weight is 185 g/mol. The van der Waals surface area contributed by atoms with E-state index in [4.69, 9.17) is 0 Å². The summed E-state index contributed by atoms with van der Waals surface area (Å²) in [6.07, 6.45) is 0.390. The lowest BCUT2D eigenvalue weighted by Crippen LogP contribution is -2.41. The van der Waals surface area contributed by atoms with Gasteiger partial charge in [0.1, 0.15) is 6.29 Å². The fourth-order valence-corrected chi connectivity index (χ4v) is 1.04. The molecule has 0 unspecified atom stereocenters. The molecule has 0 atom stereocenters. The van der Waals surface area contributed by atoms with Crippen LogP contribution in [0.4, 0.5) is 0 Å². The van der Waals surface area contributed by atoms with Crippen molar-refractivity contribution in [1.29, 1.82) is 0 Å². The second-order valence-electron chi connectivity index (χ2n) is 2.77. The van der Waals surface area contributed by atoms with Crippen molar-refractivity contribution < 1.29 is 14.4 Å². The van der Waals surface area contributed by atoms with Gasteiger partial charge in [-0.1, -0.05) is 0 Å². The molecule has 0 spiro atoms. The molecule has 72 valence electrons. The van der Waals surface area contributed by atoms with Crippen LogP contribution in [-0.4, -0.2) is 23.4 Å². The molecule has 0 saturated heterocycles. The fraction of sp³-hybridized carbons (Fsp3) is 0.625. The number of rotatable bonds is 6. The zero-order valence-corrected chi connectivity index (χ0v) is 7.57. The van der Waals surface area contributed by atoms with Gasteiger partial charge in [-0.25, -0.2) is 0 Å². The monoisotopic (exact) mass is 185 g/mol. The molecule has 0 rings (SSSR count). The molecule has 0 fully saturated rings. The molecule has 0 aliphatic rings. The first kappa shape index (κ1) is 11.6. The van der Waals surface area contributed by atoms with Gasteiger partial charge in [-0.15, -0.1) is 4.91 Å². The van der Waals surface area contributed by atoms with Crippen molar-refractivity contribution in [2.24, 2.45) is 5.18 Å². The van der Waals surface area contributed by atoms with Crippen molar-refractivity contribution in [2.75, 3.05) is 0 Å². The summed E-state index contributed by atoms with van der Waals surface area (Å²) in [6, 6.07) is 0. The summed E-state index contributed by atoms with van der Waals surface area (Å²) in [6.45, 7) is 2.24. The van der Waals surface area contributed by atoms with Gasteiger partial charge in [-0.3, -0.25) is 9.59 Å². The number of carbonyl (C=O) groups is 3. The van der Waals surface area contributed by atoms with Gasteiger partial charge in [0.25, 0.3) is 0 Å². The Morgan fingerprint density at radius 1 is 1.31 bits per heavy atom. The third-order valence-corrected chi connectivity index (χ3v) is 1.94. The number of nitrogens with zero attached hydrogens (tertiary/aromatic N) is 1. The summed E-state index contributed by atoms with van der Waals surface area (Å²) < 4.78 is 0. The van der Waals surface area contributed by atoms with E-state index in [9.17, 15) is 19.3 Å². The highest BCUT2D eigenvalue weighted by Crippen LogP contribution is 2.20. The van der Waals surface area contributed by atoms with Crippen molar-refractivity contribution >= 4 is 17.9 Å². The van der Waals surface area contributed by atoms with Gasteiger partial charge >= 0.3 is 0 Å². The molecule has 5 heteroatoms. The highest BCUT2D eigenvalue weighted by Gasteiger charge is 2.41. The molecule has 0 aliphatic heterocycles. The third kappa shape index (κ3) is 2.27. The first-order valence-electron chi connectivity index (χ1n) is 3.81. The van der Waals surface area contributed by atoms with Gasteiger partial charge in [0, 0.05) is 6.42 Å². The quantitative estimate of drug-likeness (QED) is 0.345. The lowest BCUT2D eigenvalue weighted by atomic mass is 9.87. The SMILES string of the molecule is CC(=O)C(CCC=O)(N=O)C(C)=O. The summed E-state index contributed by atoms with van der Waals surface area (Å²) in [5.74, 6) is -1.23. The van der Waals surface area contributed by atoms with Crippen LogP contribution in [0.5, 0.6) is 0 Å². The number of hydrogen-bond donors (Lipinski definition) is 0. The number of nitroso groups, excluding NO2 is 1. The maximum absolute atomic E-state index is 11.0. The standard InChI is InChI=1S/C8H11NO4/c1-6(11)8(9-13,7(2)12)4-3-5-10/h5H,3-4H2,1-2H3. The molecule has 0 amide bonds. The minimum Gasteiger partial charge on any atom is -0.303 e. The minimum atomic E-state index is -1.85. The molecular weight excluding hydrogens is 174 g/mol. The molecular formula is C8H11NO4. The van der Waals surface area contributed by atoms with Crippen molar-refractivity contribution in [3.63, 3.8) is 0 Å². The van der Waals surface area contributed by atoms with Gasteiger partial charge in [0.2, 0.25) is 5.54 Å². The molecule has 0 bridgehead atoms. The van der Waals surface area contributed by atoms with E-state index in [-0.39, 0.29) is 12.8 Å². The maximum atomic E-state index is 11.0. The van der Waals surface area contributed by atoms with Crippen molar-refractivity contribution in [3.8, 4) is 0 Å². The van der Waals surface area contributed by atoms with Gasteiger partial charge in [-0.2, -0.15) is 0 Å². The smallest absolute Gasteiger partial charge is 0.217 e. The number of aldehydes is 1. The number of Topliss-reactive ketones (excluding diaryl/α,β-unsaturated/α-hetero) is 2. The van der Waals surface area contributed by atoms with Crippen LogP contribution < -0.4 is 0 Å². The van der Waals surface area contributed by atoms with Crippen LogP contribution in [0.25, 0.3) is 0 Å². The summed E-state index contributed by atoms with van der Waals surface area (Å²) >= 11 is 0. The van der Waals surface area contributed by atoms with E-state index in [1.165, 1.54) is 0 Å². The van der Waals surface area contributed by atoms with E-state index in [1.54, 1.807) is 0 Å². The number of ketones is 2. The average Bonchev–Trinajstić information content (AvgIpc) is 2.05. The number of carbonyl (C=O) groups excluding carboxylic acids is 3. The highest BCUT2D eigenvalue weighted by molar-refractivity contribution is 6.10. The second kappa shape index (κ2) is 4.59. The van der Waals surface area contributed by atoms with E-state index >= 15 is 0 Å². The van der Waals surface area contributed by atoms with Gasteiger partial charge in [0.15, 0.2) is 11.6 Å². The van der Waals surface area contributed by atoms with Gasteiger partial charge in [-0.05, 0) is 25.4 Å². The van der Waals surface area contributed by atoms with Crippen molar-refractivity contribution in [3.05, 3.63) is 4.91 Å². The highest BCUT2D eigenvalue weighted by atomic mass is 16.3. The van der Waals surface area contributed by atoms with Crippen LogP contribution in [0.15, 0.2) is 5.18 Å². The van der Waals surface area contributed by atoms with Gasteiger partial charge in [0.05, 0.1) is 0 Å². The van der Waals surface area contributed by atoms with Crippen LogP contribution in [-0.2, 0) is 14.4 Å². The zero-order chi connectivity index (χ0) is 10.5. The lowest BCUT2D eigenvalue weighted by Gasteiger charge is -2.18. The van der Waals surface area contributed by atoms with Crippen molar-refractivity contribution in [2.45, 2.75) is 32.2 Å². The molecule has 0 aromatic heterocycles. The summed E-state index contributed by atoms with van der Waals surface area (Å²) in [5, 5.41) is 2.55. The van der Waals surface area contributed by atoms with Crippen LogP contribution >= 0.6 is 0 Å². The van der Waals surface area contributed by atoms with Crippen LogP contribution in [0, 0.1) is 4.91 Å². The molecule has 0 radical (unpaired) electrons. The van der Waals surface area contributed by atoms with Crippen LogP contribution in [0.2, 0.25) is 0 Å². The fourth-order valence-electron chi connectivity index (χ4n) is 1.04. The van der Waals surface area contributed by atoms with E-state index in [0.29, 0.717) is 6.29 Å². The Kier molecular flexibility index (Phi) is 4.10. The maximum Gasteiger partial charge on any atom is 0.217 e. The Labute approximate surface area is 75.5 Å². The summed E-state index contributed by atoms with van der Waals surface area (Å²) in [5.41, 5.74) is -1.85. The minimum absolute atomic E-state index is 0.0229. The Morgan fingerprint density at radius 3 is 2.00 bits per heavy atom. The van der Waals surface area contributed by atoms with Crippen LogP contribution in [0.1, 0.15) is 26.7 Å². The Bertz CT molecular complexity index is 233. The molecule has 0 N–H and O–H groups in total. The molecule has 0 heterocycles. The first-order chi connectivity index (χ1) is 6.01. The van der Waals surface area contributed by atoms with Crippen molar-refractivity contribution in [1.82, 2.24) is 0 Å².